The fourth-order valence-corrected chi connectivity index (χ4v) is 4.27. The molecule has 1 aliphatic rings. The first-order valence-corrected chi connectivity index (χ1v) is 10.5. The molecule has 0 spiro atoms. The Morgan fingerprint density at radius 3 is 2.56 bits per heavy atom. The lowest BCUT2D eigenvalue weighted by Crippen LogP contribution is -2.42. The van der Waals surface area contributed by atoms with Crippen molar-refractivity contribution >= 4 is 22.7 Å². The van der Waals surface area contributed by atoms with E-state index < -0.39 is 30.1 Å². The molecule has 2 N–H and O–H groups in total. The van der Waals surface area contributed by atoms with Gasteiger partial charge in [0.25, 0.3) is 11.8 Å². The maximum Gasteiger partial charge on any atom is 0.253 e. The molecule has 1 unspecified atom stereocenters. The van der Waals surface area contributed by atoms with Gasteiger partial charge < -0.3 is 15.2 Å². The summed E-state index contributed by atoms with van der Waals surface area (Å²) < 4.78 is 43.9. The van der Waals surface area contributed by atoms with Crippen molar-refractivity contribution in [1.29, 1.82) is 0 Å². The molecule has 0 aliphatic heterocycles. The van der Waals surface area contributed by atoms with Gasteiger partial charge in [-0.25, -0.2) is 13.2 Å². The topological polar surface area (TPSA) is 63.1 Å². The van der Waals surface area contributed by atoms with Crippen molar-refractivity contribution in [3.05, 3.63) is 71.2 Å². The molecule has 0 bridgehead atoms. The molecule has 0 saturated heterocycles. The summed E-state index contributed by atoms with van der Waals surface area (Å²) in [5, 5.41) is 5.39. The van der Waals surface area contributed by atoms with Gasteiger partial charge in [0.05, 0.1) is 11.1 Å². The first-order chi connectivity index (χ1) is 15.3. The van der Waals surface area contributed by atoms with Crippen LogP contribution in [0.3, 0.4) is 0 Å². The number of rotatable bonds is 5. The molecule has 2 amide bonds. The summed E-state index contributed by atoms with van der Waals surface area (Å²) in [6.45, 7) is 0.350. The molecule has 5 nitrogen and oxygen atoms in total. The fraction of sp³-hybridized carbons (Fsp3) is 0.333. The first kappa shape index (κ1) is 21.9. The van der Waals surface area contributed by atoms with E-state index in [0.717, 1.165) is 5.56 Å². The summed E-state index contributed by atoms with van der Waals surface area (Å²) in [5.74, 6) is -4.10. The highest BCUT2D eigenvalue weighted by atomic mass is 19.3. The van der Waals surface area contributed by atoms with Gasteiger partial charge >= 0.3 is 0 Å². The minimum Gasteiger partial charge on any atom is -0.355 e. The van der Waals surface area contributed by atoms with Gasteiger partial charge in [0, 0.05) is 49.6 Å². The minimum atomic E-state index is -2.80. The first-order valence-electron chi connectivity index (χ1n) is 10.5. The maximum absolute atomic E-state index is 14.7. The fourth-order valence-electron chi connectivity index (χ4n) is 4.27. The molecule has 32 heavy (non-hydrogen) atoms. The molecule has 0 radical (unpaired) electrons. The average Bonchev–Trinajstić information content (AvgIpc) is 3.13. The van der Waals surface area contributed by atoms with Gasteiger partial charge in [-0.3, -0.25) is 9.59 Å². The number of fused-ring (bicyclic) bond motifs is 1. The van der Waals surface area contributed by atoms with Crippen molar-refractivity contribution < 1.29 is 22.8 Å². The van der Waals surface area contributed by atoms with E-state index in [1.165, 1.54) is 6.07 Å². The maximum atomic E-state index is 14.7. The van der Waals surface area contributed by atoms with Crippen molar-refractivity contribution in [2.75, 3.05) is 7.05 Å². The van der Waals surface area contributed by atoms with Gasteiger partial charge in [0.15, 0.2) is 0 Å². The summed E-state index contributed by atoms with van der Waals surface area (Å²) in [4.78, 5) is 24.7. The summed E-state index contributed by atoms with van der Waals surface area (Å²) in [5.41, 5.74) is 2.02. The predicted octanol–water partition coefficient (Wildman–Crippen LogP) is 4.50. The second-order valence-corrected chi connectivity index (χ2v) is 8.20. The number of nitrogens with zero attached hydrogens (tertiary/aromatic N) is 1. The van der Waals surface area contributed by atoms with Crippen molar-refractivity contribution in [3.63, 3.8) is 0 Å². The number of nitrogens with one attached hydrogen (secondary N) is 2. The number of hydrogen-bond acceptors (Lipinski definition) is 2. The molecule has 1 fully saturated rings. The monoisotopic (exact) mass is 443 g/mol. The Hall–Kier alpha value is -3.29. The number of alkyl halides is 2. The molecule has 1 aliphatic carbocycles. The van der Waals surface area contributed by atoms with Crippen LogP contribution < -0.4 is 10.6 Å². The Balaban J connectivity index is 1.62. The lowest BCUT2D eigenvalue weighted by atomic mass is 9.92. The zero-order valence-corrected chi connectivity index (χ0v) is 17.6. The zero-order valence-electron chi connectivity index (χ0n) is 17.6. The summed E-state index contributed by atoms with van der Waals surface area (Å²) >= 11 is 0. The highest BCUT2D eigenvalue weighted by molar-refractivity contribution is 6.07. The van der Waals surface area contributed by atoms with Gasteiger partial charge in [-0.05, 0) is 42.7 Å². The number of carbonyl (C=O) groups is 2. The molecule has 3 aromatic rings. The Morgan fingerprint density at radius 1 is 1.12 bits per heavy atom. The number of halogens is 3. The molecule has 8 heteroatoms. The third-order valence-electron chi connectivity index (χ3n) is 5.87. The lowest BCUT2D eigenvalue weighted by molar-refractivity contribution is -0.0429. The van der Waals surface area contributed by atoms with Crippen LogP contribution in [0.15, 0.2) is 48.7 Å². The Kier molecular flexibility index (Phi) is 5.95. The largest absolute Gasteiger partial charge is 0.355 e. The quantitative estimate of drug-likeness (QED) is 0.610. The van der Waals surface area contributed by atoms with Gasteiger partial charge in [-0.2, -0.15) is 0 Å². The van der Waals surface area contributed by atoms with Crippen LogP contribution in [-0.2, 0) is 6.54 Å². The van der Waals surface area contributed by atoms with Crippen LogP contribution in [0.1, 0.15) is 52.0 Å². The SMILES string of the molecule is CNC(=O)c1ccc(Cn2cc(C(=O)NC3CCCC(F)(F)C3)c3c(F)cccc32)cc1. The Morgan fingerprint density at radius 2 is 1.88 bits per heavy atom. The van der Waals surface area contributed by atoms with Crippen LogP contribution in [0.2, 0.25) is 0 Å². The van der Waals surface area contributed by atoms with Crippen LogP contribution in [0.25, 0.3) is 10.9 Å². The van der Waals surface area contributed by atoms with E-state index in [0.29, 0.717) is 30.5 Å². The van der Waals surface area contributed by atoms with Gasteiger partial charge in [0.1, 0.15) is 5.82 Å². The molecule has 1 heterocycles. The smallest absolute Gasteiger partial charge is 0.253 e. The molecule has 4 rings (SSSR count). The minimum absolute atomic E-state index is 0.119. The standard InChI is InChI=1S/C24H24F3N3O2/c1-28-22(31)16-9-7-15(8-10-16)13-30-14-18(21-19(25)5-2-6-20(21)30)23(32)29-17-4-3-11-24(26,27)12-17/h2,5-10,14,17H,3-4,11-13H2,1H3,(H,28,31)(H,29,32). The summed E-state index contributed by atoms with van der Waals surface area (Å²) in [7, 11) is 1.55. The van der Waals surface area contributed by atoms with E-state index in [4.69, 9.17) is 0 Å². The highest BCUT2D eigenvalue weighted by Crippen LogP contribution is 2.33. The number of benzene rings is 2. The number of aromatic nitrogens is 1. The van der Waals surface area contributed by atoms with E-state index in [2.05, 4.69) is 10.6 Å². The van der Waals surface area contributed by atoms with Crippen molar-refractivity contribution in [3.8, 4) is 0 Å². The van der Waals surface area contributed by atoms with Crippen LogP contribution in [0.4, 0.5) is 13.2 Å². The lowest BCUT2D eigenvalue weighted by Gasteiger charge is -2.29. The molecule has 168 valence electrons. The second-order valence-electron chi connectivity index (χ2n) is 8.20. The van der Waals surface area contributed by atoms with Gasteiger partial charge in [0.2, 0.25) is 5.92 Å². The highest BCUT2D eigenvalue weighted by Gasteiger charge is 2.37. The summed E-state index contributed by atoms with van der Waals surface area (Å²) in [6, 6.07) is 10.9. The summed E-state index contributed by atoms with van der Waals surface area (Å²) in [6.07, 6.45) is 1.78. The number of hydrogen-bond donors (Lipinski definition) is 2. The molecule has 2 aromatic carbocycles. The van der Waals surface area contributed by atoms with E-state index in [1.54, 1.807) is 54.2 Å². The normalized spacial score (nSPS) is 17.8. The van der Waals surface area contributed by atoms with Crippen molar-refractivity contribution in [1.82, 2.24) is 15.2 Å². The van der Waals surface area contributed by atoms with E-state index in [-0.39, 0.29) is 23.3 Å². The average molecular weight is 443 g/mol. The molecular formula is C24H24F3N3O2. The van der Waals surface area contributed by atoms with Crippen LogP contribution >= 0.6 is 0 Å². The third kappa shape index (κ3) is 4.49. The Bertz CT molecular complexity index is 1160. The van der Waals surface area contributed by atoms with Crippen molar-refractivity contribution in [2.24, 2.45) is 0 Å². The predicted molar refractivity (Wildman–Crippen MR) is 115 cm³/mol. The molecular weight excluding hydrogens is 419 g/mol. The molecule has 1 aromatic heterocycles. The van der Waals surface area contributed by atoms with Gasteiger partial charge in [-0.15, -0.1) is 0 Å². The van der Waals surface area contributed by atoms with Crippen LogP contribution in [0.5, 0.6) is 0 Å². The molecule has 1 atom stereocenters. The van der Waals surface area contributed by atoms with Gasteiger partial charge in [-0.1, -0.05) is 18.2 Å². The third-order valence-corrected chi connectivity index (χ3v) is 5.87. The van der Waals surface area contributed by atoms with E-state index in [1.807, 2.05) is 0 Å². The number of amides is 2. The Labute approximate surface area is 183 Å². The van der Waals surface area contributed by atoms with Crippen molar-refractivity contribution in [2.45, 2.75) is 44.2 Å². The second kappa shape index (κ2) is 8.68. The van der Waals surface area contributed by atoms with E-state index in [9.17, 15) is 22.8 Å². The number of carbonyl (C=O) groups excluding carboxylic acids is 2. The molecule has 1 saturated carbocycles. The van der Waals surface area contributed by atoms with Crippen LogP contribution in [0, 0.1) is 5.82 Å². The van der Waals surface area contributed by atoms with E-state index >= 15 is 0 Å². The zero-order chi connectivity index (χ0) is 22.9. The van der Waals surface area contributed by atoms with Crippen LogP contribution in [-0.4, -0.2) is 35.4 Å².